The molecule has 2 saturated carbocycles. The summed E-state index contributed by atoms with van der Waals surface area (Å²) in [4.78, 5) is 24.7. The SMILES string of the molecule is CC1=CC(=O)N(CC2(C3CC3)CC2)C1=O. The highest BCUT2D eigenvalue weighted by atomic mass is 16.2. The highest BCUT2D eigenvalue weighted by Crippen LogP contribution is 2.61. The van der Waals surface area contributed by atoms with E-state index in [-0.39, 0.29) is 11.8 Å². The fourth-order valence-electron chi connectivity index (χ4n) is 2.65. The molecule has 0 radical (unpaired) electrons. The van der Waals surface area contributed by atoms with Gasteiger partial charge in [-0.05, 0) is 43.9 Å². The Bertz CT molecular complexity index is 375. The van der Waals surface area contributed by atoms with Gasteiger partial charge in [0.1, 0.15) is 0 Å². The molecule has 3 nitrogen and oxygen atoms in total. The first kappa shape index (κ1) is 9.13. The zero-order valence-corrected chi connectivity index (χ0v) is 8.95. The normalized spacial score (nSPS) is 28.3. The van der Waals surface area contributed by atoms with Gasteiger partial charge in [-0.1, -0.05) is 0 Å². The van der Waals surface area contributed by atoms with Gasteiger partial charge in [-0.3, -0.25) is 14.5 Å². The van der Waals surface area contributed by atoms with Gasteiger partial charge in [0, 0.05) is 18.2 Å². The number of imide groups is 1. The lowest BCUT2D eigenvalue weighted by molar-refractivity contribution is -0.138. The Balaban J connectivity index is 1.74. The number of amides is 2. The number of nitrogens with zero attached hydrogens (tertiary/aromatic N) is 1. The van der Waals surface area contributed by atoms with Gasteiger partial charge in [0.15, 0.2) is 0 Å². The summed E-state index contributed by atoms with van der Waals surface area (Å²) < 4.78 is 0. The van der Waals surface area contributed by atoms with Gasteiger partial charge >= 0.3 is 0 Å². The van der Waals surface area contributed by atoms with E-state index in [0.29, 0.717) is 17.5 Å². The van der Waals surface area contributed by atoms with Crippen molar-refractivity contribution in [1.82, 2.24) is 4.90 Å². The van der Waals surface area contributed by atoms with Crippen LogP contribution in [0.2, 0.25) is 0 Å². The lowest BCUT2D eigenvalue weighted by atomic mass is 10.00. The second kappa shape index (κ2) is 2.71. The van der Waals surface area contributed by atoms with Crippen molar-refractivity contribution >= 4 is 11.8 Å². The molecule has 3 heteroatoms. The Morgan fingerprint density at radius 2 is 2.07 bits per heavy atom. The Morgan fingerprint density at radius 3 is 2.47 bits per heavy atom. The Kier molecular flexibility index (Phi) is 1.65. The third-order valence-electron chi connectivity index (χ3n) is 4.00. The average Bonchev–Trinajstić information content (AvgIpc) is 3.02. The van der Waals surface area contributed by atoms with Crippen molar-refractivity contribution in [2.45, 2.75) is 32.6 Å². The van der Waals surface area contributed by atoms with Crippen LogP contribution < -0.4 is 0 Å². The maximum Gasteiger partial charge on any atom is 0.256 e. The van der Waals surface area contributed by atoms with Crippen LogP contribution in [0.1, 0.15) is 32.6 Å². The summed E-state index contributed by atoms with van der Waals surface area (Å²) in [6.07, 6.45) is 6.46. The summed E-state index contributed by atoms with van der Waals surface area (Å²) in [5, 5.41) is 0. The second-order valence-corrected chi connectivity index (χ2v) is 5.19. The first-order chi connectivity index (χ1) is 7.12. The summed E-state index contributed by atoms with van der Waals surface area (Å²) in [5.74, 6) is 0.607. The highest BCUT2D eigenvalue weighted by molar-refractivity contribution is 6.15. The van der Waals surface area contributed by atoms with Crippen molar-refractivity contribution in [3.05, 3.63) is 11.6 Å². The number of hydrogen-bond acceptors (Lipinski definition) is 2. The smallest absolute Gasteiger partial charge is 0.256 e. The first-order valence-electron chi connectivity index (χ1n) is 5.66. The quantitative estimate of drug-likeness (QED) is 0.655. The van der Waals surface area contributed by atoms with Gasteiger partial charge in [0.2, 0.25) is 0 Å². The fourth-order valence-corrected chi connectivity index (χ4v) is 2.65. The van der Waals surface area contributed by atoms with Crippen LogP contribution in [0.15, 0.2) is 11.6 Å². The van der Waals surface area contributed by atoms with Gasteiger partial charge in [0.05, 0.1) is 0 Å². The highest BCUT2D eigenvalue weighted by Gasteiger charge is 2.55. The van der Waals surface area contributed by atoms with E-state index in [4.69, 9.17) is 0 Å². The van der Waals surface area contributed by atoms with E-state index in [1.807, 2.05) is 0 Å². The van der Waals surface area contributed by atoms with Crippen LogP contribution in [-0.2, 0) is 9.59 Å². The van der Waals surface area contributed by atoms with Crippen molar-refractivity contribution in [1.29, 1.82) is 0 Å². The largest absolute Gasteiger partial charge is 0.275 e. The average molecular weight is 205 g/mol. The minimum atomic E-state index is -0.107. The molecule has 0 N–H and O–H groups in total. The molecule has 0 aromatic carbocycles. The zero-order valence-electron chi connectivity index (χ0n) is 8.95. The number of hydrogen-bond donors (Lipinski definition) is 0. The van der Waals surface area contributed by atoms with Gasteiger partial charge in [-0.15, -0.1) is 0 Å². The molecule has 0 aromatic heterocycles. The van der Waals surface area contributed by atoms with Gasteiger partial charge in [0.25, 0.3) is 11.8 Å². The third kappa shape index (κ3) is 1.33. The molecule has 80 valence electrons. The Morgan fingerprint density at radius 1 is 1.40 bits per heavy atom. The Labute approximate surface area is 89.1 Å². The van der Waals surface area contributed by atoms with Crippen molar-refractivity contribution in [3.63, 3.8) is 0 Å². The molecule has 2 aliphatic carbocycles. The van der Waals surface area contributed by atoms with Crippen LogP contribution in [0.4, 0.5) is 0 Å². The molecule has 1 heterocycles. The van der Waals surface area contributed by atoms with Crippen molar-refractivity contribution in [2.24, 2.45) is 11.3 Å². The monoisotopic (exact) mass is 205 g/mol. The molecular weight excluding hydrogens is 190 g/mol. The van der Waals surface area contributed by atoms with Crippen LogP contribution in [0.3, 0.4) is 0 Å². The van der Waals surface area contributed by atoms with Gasteiger partial charge in [-0.2, -0.15) is 0 Å². The van der Waals surface area contributed by atoms with Crippen LogP contribution in [0.5, 0.6) is 0 Å². The summed E-state index contributed by atoms with van der Waals surface area (Å²) in [7, 11) is 0. The van der Waals surface area contributed by atoms with E-state index in [1.54, 1.807) is 6.92 Å². The predicted octanol–water partition coefficient (Wildman–Crippen LogP) is 1.49. The molecule has 0 saturated heterocycles. The lowest BCUT2D eigenvalue weighted by Gasteiger charge is -2.21. The van der Waals surface area contributed by atoms with E-state index < -0.39 is 0 Å². The molecule has 2 fully saturated rings. The number of carbonyl (C=O) groups is 2. The standard InChI is InChI=1S/C12H15NO2/c1-8-6-10(14)13(11(8)15)7-12(4-5-12)9-2-3-9/h6,9H,2-5,7H2,1H3. The number of carbonyl (C=O) groups excluding carboxylic acids is 2. The maximum atomic E-state index is 11.7. The van der Waals surface area contributed by atoms with Crippen molar-refractivity contribution < 1.29 is 9.59 Å². The van der Waals surface area contributed by atoms with E-state index in [0.717, 1.165) is 5.92 Å². The molecular formula is C12H15NO2. The predicted molar refractivity (Wildman–Crippen MR) is 54.9 cm³/mol. The second-order valence-electron chi connectivity index (χ2n) is 5.19. The van der Waals surface area contributed by atoms with Crippen LogP contribution in [0.25, 0.3) is 0 Å². The molecule has 2 amide bonds. The summed E-state index contributed by atoms with van der Waals surface area (Å²) in [5.41, 5.74) is 0.913. The third-order valence-corrected chi connectivity index (χ3v) is 4.00. The first-order valence-corrected chi connectivity index (χ1v) is 5.66. The summed E-state index contributed by atoms with van der Waals surface area (Å²) >= 11 is 0. The molecule has 0 spiro atoms. The van der Waals surface area contributed by atoms with Crippen LogP contribution >= 0.6 is 0 Å². The molecule has 1 aliphatic heterocycles. The molecule has 3 rings (SSSR count). The van der Waals surface area contributed by atoms with Crippen molar-refractivity contribution in [2.75, 3.05) is 6.54 Å². The van der Waals surface area contributed by atoms with E-state index in [2.05, 4.69) is 0 Å². The van der Waals surface area contributed by atoms with Gasteiger partial charge in [-0.25, -0.2) is 0 Å². The molecule has 0 atom stereocenters. The number of rotatable bonds is 3. The molecule has 15 heavy (non-hydrogen) atoms. The minimum absolute atomic E-state index is 0.0769. The molecule has 0 bridgehead atoms. The van der Waals surface area contributed by atoms with E-state index in [1.165, 1.54) is 36.7 Å². The fraction of sp³-hybridized carbons (Fsp3) is 0.667. The van der Waals surface area contributed by atoms with E-state index in [9.17, 15) is 9.59 Å². The zero-order chi connectivity index (χ0) is 10.6. The van der Waals surface area contributed by atoms with Crippen LogP contribution in [-0.4, -0.2) is 23.3 Å². The summed E-state index contributed by atoms with van der Waals surface area (Å²) in [6, 6.07) is 0. The molecule has 0 aromatic rings. The van der Waals surface area contributed by atoms with Crippen LogP contribution in [0, 0.1) is 11.3 Å². The Hall–Kier alpha value is -1.12. The topological polar surface area (TPSA) is 37.4 Å². The minimum Gasteiger partial charge on any atom is -0.275 e. The summed E-state index contributed by atoms with van der Waals surface area (Å²) in [6.45, 7) is 2.39. The van der Waals surface area contributed by atoms with Gasteiger partial charge < -0.3 is 0 Å². The molecule has 0 unspecified atom stereocenters. The lowest BCUT2D eigenvalue weighted by Crippen LogP contribution is -2.36. The van der Waals surface area contributed by atoms with E-state index >= 15 is 0 Å². The van der Waals surface area contributed by atoms with Crippen molar-refractivity contribution in [3.8, 4) is 0 Å². The maximum absolute atomic E-state index is 11.7. The molecule has 3 aliphatic rings.